The van der Waals surface area contributed by atoms with Crippen molar-refractivity contribution < 1.29 is 9.53 Å². The predicted molar refractivity (Wildman–Crippen MR) is 123 cm³/mol. The Hall–Kier alpha value is -2.32. The van der Waals surface area contributed by atoms with Gasteiger partial charge in [-0.3, -0.25) is 9.59 Å². The maximum absolute atomic E-state index is 13.1. The number of nitrogens with zero attached hydrogens (tertiary/aromatic N) is 5. The number of rotatable bonds is 9. The first-order valence-electron chi connectivity index (χ1n) is 12.0. The molecule has 8 nitrogen and oxygen atoms in total. The third-order valence-electron chi connectivity index (χ3n) is 6.99. The second-order valence-electron chi connectivity index (χ2n) is 9.07. The molecule has 2 atom stereocenters. The predicted octanol–water partition coefficient (Wildman–Crippen LogP) is 2.31. The Morgan fingerprint density at radius 3 is 2.91 bits per heavy atom. The largest absolute Gasteiger partial charge is 0.383 e. The number of carbonyl (C=O) groups excluding carboxylic acids is 1. The first-order valence-corrected chi connectivity index (χ1v) is 12.0. The summed E-state index contributed by atoms with van der Waals surface area (Å²) in [6, 6.07) is 7.82. The molecular formula is C24H35N5O3. The molecule has 2 fully saturated rings. The van der Waals surface area contributed by atoms with Gasteiger partial charge in [-0.15, -0.1) is 5.10 Å². The van der Waals surface area contributed by atoms with Gasteiger partial charge < -0.3 is 14.5 Å². The summed E-state index contributed by atoms with van der Waals surface area (Å²) in [5.74, 6) is 0.676. The van der Waals surface area contributed by atoms with Gasteiger partial charge in [0.25, 0.3) is 5.56 Å². The van der Waals surface area contributed by atoms with Crippen molar-refractivity contribution in [2.45, 2.75) is 57.5 Å². The maximum atomic E-state index is 13.1. The number of aromatic nitrogens is 3. The zero-order valence-electron chi connectivity index (χ0n) is 19.1. The smallest absolute Gasteiger partial charge is 0.277 e. The average Bonchev–Trinajstić information content (AvgIpc) is 2.83. The average molecular weight is 442 g/mol. The number of aryl methyl sites for hydroxylation is 1. The Morgan fingerprint density at radius 2 is 2.03 bits per heavy atom. The van der Waals surface area contributed by atoms with E-state index in [4.69, 9.17) is 4.74 Å². The van der Waals surface area contributed by atoms with Crippen LogP contribution < -0.4 is 5.56 Å². The van der Waals surface area contributed by atoms with Crippen molar-refractivity contribution in [1.82, 2.24) is 24.8 Å². The summed E-state index contributed by atoms with van der Waals surface area (Å²) < 4.78 is 6.65. The molecular weight excluding hydrogens is 406 g/mol. The fourth-order valence-corrected chi connectivity index (χ4v) is 5.30. The molecule has 0 radical (unpaired) electrons. The highest BCUT2D eigenvalue weighted by Gasteiger charge is 2.34. The molecule has 0 aliphatic carbocycles. The number of fused-ring (bicyclic) bond motifs is 2. The molecule has 2 aromatic rings. The van der Waals surface area contributed by atoms with E-state index in [1.807, 2.05) is 17.0 Å². The Labute approximate surface area is 189 Å². The van der Waals surface area contributed by atoms with Crippen LogP contribution in [0.15, 0.2) is 29.1 Å². The molecule has 0 spiro atoms. The van der Waals surface area contributed by atoms with E-state index in [1.54, 1.807) is 19.2 Å². The van der Waals surface area contributed by atoms with Gasteiger partial charge >= 0.3 is 0 Å². The van der Waals surface area contributed by atoms with Crippen LogP contribution in [0.5, 0.6) is 0 Å². The number of piperidine rings is 2. The van der Waals surface area contributed by atoms with Crippen LogP contribution in [0, 0.1) is 5.92 Å². The summed E-state index contributed by atoms with van der Waals surface area (Å²) in [6.45, 7) is 4.76. The van der Waals surface area contributed by atoms with E-state index in [1.165, 1.54) is 49.9 Å². The minimum atomic E-state index is -0.154. The van der Waals surface area contributed by atoms with Gasteiger partial charge in [0.05, 0.1) is 12.0 Å². The summed E-state index contributed by atoms with van der Waals surface area (Å²) in [7, 11) is 1.68. The molecule has 2 saturated heterocycles. The molecule has 174 valence electrons. The van der Waals surface area contributed by atoms with Gasteiger partial charge in [0.1, 0.15) is 5.52 Å². The molecule has 3 heterocycles. The minimum absolute atomic E-state index is 0.136. The van der Waals surface area contributed by atoms with E-state index >= 15 is 0 Å². The Morgan fingerprint density at radius 1 is 1.19 bits per heavy atom. The van der Waals surface area contributed by atoms with E-state index in [2.05, 4.69) is 15.2 Å². The first-order chi connectivity index (χ1) is 15.7. The molecule has 4 rings (SSSR count). The summed E-state index contributed by atoms with van der Waals surface area (Å²) in [4.78, 5) is 30.4. The molecule has 0 saturated carbocycles. The van der Waals surface area contributed by atoms with Crippen LogP contribution in [-0.4, -0.2) is 76.6 Å². The maximum Gasteiger partial charge on any atom is 0.277 e. The summed E-state index contributed by atoms with van der Waals surface area (Å²) in [5.41, 5.74) is 0.443. The monoisotopic (exact) mass is 441 g/mol. The van der Waals surface area contributed by atoms with Crippen molar-refractivity contribution in [2.75, 3.05) is 39.9 Å². The molecule has 0 bridgehead atoms. The van der Waals surface area contributed by atoms with E-state index in [9.17, 15) is 9.59 Å². The van der Waals surface area contributed by atoms with E-state index in [-0.39, 0.29) is 11.5 Å². The standard InChI is InChI=1S/C24H35N5O3/c1-32-17-16-28(18-19-8-6-14-27-13-5-4-11-22(19)27)23(30)12-7-15-29-24(31)20-9-2-3-10-21(20)25-26-29/h2-3,9-10,19,22H,4-8,11-18H2,1H3. The lowest BCUT2D eigenvalue weighted by atomic mass is 9.83. The highest BCUT2D eigenvalue weighted by Crippen LogP contribution is 2.31. The van der Waals surface area contributed by atoms with Crippen LogP contribution in [0.3, 0.4) is 0 Å². The molecule has 1 aromatic carbocycles. The summed E-state index contributed by atoms with van der Waals surface area (Å²) in [5, 5.41) is 8.73. The molecule has 1 aromatic heterocycles. The van der Waals surface area contributed by atoms with Gasteiger partial charge in [-0.2, -0.15) is 0 Å². The van der Waals surface area contributed by atoms with E-state index in [0.29, 0.717) is 55.4 Å². The molecule has 8 heteroatoms. The van der Waals surface area contributed by atoms with Gasteiger partial charge in [0.15, 0.2) is 0 Å². The summed E-state index contributed by atoms with van der Waals surface area (Å²) >= 11 is 0. The van der Waals surface area contributed by atoms with E-state index < -0.39 is 0 Å². The molecule has 32 heavy (non-hydrogen) atoms. The lowest BCUT2D eigenvalue weighted by Gasteiger charge is -2.45. The van der Waals surface area contributed by atoms with Gasteiger partial charge in [-0.1, -0.05) is 23.8 Å². The number of hydrogen-bond acceptors (Lipinski definition) is 6. The van der Waals surface area contributed by atoms with E-state index in [0.717, 1.165) is 6.54 Å². The lowest BCUT2D eigenvalue weighted by molar-refractivity contribution is -0.133. The topological polar surface area (TPSA) is 80.6 Å². The number of methoxy groups -OCH3 is 1. The zero-order chi connectivity index (χ0) is 22.3. The van der Waals surface area contributed by atoms with Crippen LogP contribution in [0.25, 0.3) is 10.9 Å². The third-order valence-corrected chi connectivity index (χ3v) is 6.99. The second-order valence-corrected chi connectivity index (χ2v) is 9.07. The molecule has 2 unspecified atom stereocenters. The van der Waals surface area contributed by atoms with Crippen molar-refractivity contribution >= 4 is 16.8 Å². The van der Waals surface area contributed by atoms with Crippen LogP contribution >= 0.6 is 0 Å². The fourth-order valence-electron chi connectivity index (χ4n) is 5.30. The van der Waals surface area contributed by atoms with Crippen molar-refractivity contribution in [3.63, 3.8) is 0 Å². The normalized spacial score (nSPS) is 21.4. The van der Waals surface area contributed by atoms with Crippen LogP contribution in [0.4, 0.5) is 0 Å². The molecule has 2 aliphatic heterocycles. The van der Waals surface area contributed by atoms with Crippen molar-refractivity contribution in [1.29, 1.82) is 0 Å². The quantitative estimate of drug-likeness (QED) is 0.594. The van der Waals surface area contributed by atoms with Crippen molar-refractivity contribution in [3.8, 4) is 0 Å². The number of carbonyl (C=O) groups is 1. The zero-order valence-corrected chi connectivity index (χ0v) is 19.1. The third kappa shape index (κ3) is 5.35. The SMILES string of the molecule is COCCN(CC1CCCN2CCCCC12)C(=O)CCCn1nnc2ccccc2c1=O. The molecule has 0 N–H and O–H groups in total. The molecule has 2 aliphatic rings. The number of benzene rings is 1. The number of ether oxygens (including phenoxy) is 1. The van der Waals surface area contributed by atoms with Gasteiger partial charge in [-0.05, 0) is 63.2 Å². The Kier molecular flexibility index (Phi) is 7.86. The second kappa shape index (κ2) is 11.0. The van der Waals surface area contributed by atoms with Gasteiger partial charge in [0.2, 0.25) is 5.91 Å². The minimum Gasteiger partial charge on any atom is -0.383 e. The lowest BCUT2D eigenvalue weighted by Crippen LogP contribution is -2.52. The van der Waals surface area contributed by atoms with Crippen LogP contribution in [0.1, 0.15) is 44.9 Å². The highest BCUT2D eigenvalue weighted by molar-refractivity contribution is 5.77. The van der Waals surface area contributed by atoms with Gasteiger partial charge in [-0.25, -0.2) is 4.68 Å². The highest BCUT2D eigenvalue weighted by atomic mass is 16.5. The Bertz CT molecular complexity index is 960. The number of hydrogen-bond donors (Lipinski definition) is 0. The van der Waals surface area contributed by atoms with Crippen molar-refractivity contribution in [3.05, 3.63) is 34.6 Å². The number of amides is 1. The Balaban J connectivity index is 1.35. The van der Waals surface area contributed by atoms with Crippen LogP contribution in [-0.2, 0) is 16.1 Å². The fraction of sp³-hybridized carbons (Fsp3) is 0.667. The van der Waals surface area contributed by atoms with Gasteiger partial charge in [0, 0.05) is 39.2 Å². The van der Waals surface area contributed by atoms with Crippen LogP contribution in [0.2, 0.25) is 0 Å². The first kappa shape index (κ1) is 22.9. The van der Waals surface area contributed by atoms with Crippen molar-refractivity contribution in [2.24, 2.45) is 5.92 Å². The molecule has 1 amide bonds. The summed E-state index contributed by atoms with van der Waals surface area (Å²) in [6.07, 6.45) is 7.22.